The van der Waals surface area contributed by atoms with E-state index in [4.69, 9.17) is 5.73 Å². The van der Waals surface area contributed by atoms with Crippen molar-refractivity contribution in [3.63, 3.8) is 0 Å². The summed E-state index contributed by atoms with van der Waals surface area (Å²) in [7, 11) is 0. The van der Waals surface area contributed by atoms with E-state index >= 15 is 0 Å². The number of primary amides is 1. The molecule has 1 aromatic rings. The lowest BCUT2D eigenvalue weighted by molar-refractivity contribution is -0.385. The van der Waals surface area contributed by atoms with Crippen LogP contribution in [0.15, 0.2) is 18.2 Å². The van der Waals surface area contributed by atoms with E-state index in [9.17, 15) is 14.9 Å². The second kappa shape index (κ2) is 5.29. The molecule has 0 aromatic heterocycles. The molecule has 1 aromatic carbocycles. The summed E-state index contributed by atoms with van der Waals surface area (Å²) in [6, 6.07) is 4.63. The van der Waals surface area contributed by atoms with Crippen molar-refractivity contribution in [2.45, 2.75) is 26.3 Å². The molecule has 3 N–H and O–H groups in total. The number of nitrogens with two attached hydrogens (primary N) is 1. The first-order chi connectivity index (χ1) is 7.90. The highest BCUT2D eigenvalue weighted by molar-refractivity contribution is 5.75. The predicted octanol–water partition coefficient (Wildman–Crippen LogP) is 1.58. The van der Waals surface area contributed by atoms with Crippen LogP contribution in [0.3, 0.4) is 0 Å². The van der Waals surface area contributed by atoms with Crippen LogP contribution in [0.25, 0.3) is 0 Å². The standard InChI is InChI=1S/C11H15N3O3/c1-7-5-9(3-4-10(7)14(16)17)13-8(2)6-11(12)15/h3-5,8,13H,6H2,1-2H3,(H2,12,15). The third kappa shape index (κ3) is 3.75. The number of anilines is 1. The van der Waals surface area contributed by atoms with E-state index < -0.39 is 4.92 Å². The molecule has 0 aliphatic rings. The zero-order valence-corrected chi connectivity index (χ0v) is 9.77. The molecule has 0 aliphatic heterocycles. The Balaban J connectivity index is 2.77. The smallest absolute Gasteiger partial charge is 0.272 e. The van der Waals surface area contributed by atoms with Gasteiger partial charge in [-0.1, -0.05) is 0 Å². The Kier molecular flexibility index (Phi) is 4.03. The average molecular weight is 237 g/mol. The van der Waals surface area contributed by atoms with Gasteiger partial charge in [0.15, 0.2) is 0 Å². The molecule has 1 rings (SSSR count). The fourth-order valence-corrected chi connectivity index (χ4v) is 1.59. The van der Waals surface area contributed by atoms with E-state index in [1.807, 2.05) is 6.92 Å². The molecule has 92 valence electrons. The Hall–Kier alpha value is -2.11. The van der Waals surface area contributed by atoms with E-state index in [1.54, 1.807) is 19.1 Å². The lowest BCUT2D eigenvalue weighted by Crippen LogP contribution is -2.23. The van der Waals surface area contributed by atoms with Gasteiger partial charge in [0.1, 0.15) is 0 Å². The van der Waals surface area contributed by atoms with Gasteiger partial charge < -0.3 is 11.1 Å². The number of hydrogen-bond acceptors (Lipinski definition) is 4. The second-order valence-corrected chi connectivity index (χ2v) is 3.97. The first-order valence-corrected chi connectivity index (χ1v) is 5.20. The maximum Gasteiger partial charge on any atom is 0.272 e. The molecule has 0 saturated heterocycles. The van der Waals surface area contributed by atoms with Crippen LogP contribution in [0, 0.1) is 17.0 Å². The third-order valence-electron chi connectivity index (χ3n) is 2.31. The van der Waals surface area contributed by atoms with Gasteiger partial charge in [0, 0.05) is 29.8 Å². The number of nitrogens with one attached hydrogen (secondary N) is 1. The molecular formula is C11H15N3O3. The van der Waals surface area contributed by atoms with E-state index in [1.165, 1.54) is 6.07 Å². The van der Waals surface area contributed by atoms with Gasteiger partial charge >= 0.3 is 0 Å². The quantitative estimate of drug-likeness (QED) is 0.600. The molecular weight excluding hydrogens is 222 g/mol. The first kappa shape index (κ1) is 13.0. The van der Waals surface area contributed by atoms with Crippen molar-refractivity contribution in [2.24, 2.45) is 5.73 Å². The van der Waals surface area contributed by atoms with E-state index in [0.717, 1.165) is 5.69 Å². The van der Waals surface area contributed by atoms with Gasteiger partial charge in [-0.25, -0.2) is 0 Å². The maximum absolute atomic E-state index is 10.7. The Morgan fingerprint density at radius 3 is 2.71 bits per heavy atom. The topological polar surface area (TPSA) is 98.3 Å². The van der Waals surface area contributed by atoms with Crippen LogP contribution in [0.1, 0.15) is 18.9 Å². The number of nitrogens with zero attached hydrogens (tertiary/aromatic N) is 1. The molecule has 0 radical (unpaired) electrons. The van der Waals surface area contributed by atoms with Crippen LogP contribution in [-0.2, 0) is 4.79 Å². The molecule has 0 saturated carbocycles. The monoisotopic (exact) mass is 237 g/mol. The zero-order chi connectivity index (χ0) is 13.0. The van der Waals surface area contributed by atoms with Gasteiger partial charge in [0.25, 0.3) is 5.69 Å². The summed E-state index contributed by atoms with van der Waals surface area (Å²) in [5, 5.41) is 13.7. The highest BCUT2D eigenvalue weighted by Gasteiger charge is 2.11. The maximum atomic E-state index is 10.7. The van der Waals surface area contributed by atoms with Gasteiger partial charge in [-0.05, 0) is 26.0 Å². The van der Waals surface area contributed by atoms with E-state index in [-0.39, 0.29) is 24.1 Å². The normalized spacial score (nSPS) is 11.9. The van der Waals surface area contributed by atoms with Crippen LogP contribution in [-0.4, -0.2) is 16.9 Å². The number of rotatable bonds is 5. The number of benzene rings is 1. The Morgan fingerprint density at radius 1 is 1.59 bits per heavy atom. The fourth-order valence-electron chi connectivity index (χ4n) is 1.59. The zero-order valence-electron chi connectivity index (χ0n) is 9.77. The largest absolute Gasteiger partial charge is 0.382 e. The van der Waals surface area contributed by atoms with Crippen LogP contribution < -0.4 is 11.1 Å². The van der Waals surface area contributed by atoms with E-state index in [0.29, 0.717) is 5.56 Å². The van der Waals surface area contributed by atoms with Crippen molar-refractivity contribution in [1.82, 2.24) is 0 Å². The summed E-state index contributed by atoms with van der Waals surface area (Å²) in [6.45, 7) is 3.49. The fraction of sp³-hybridized carbons (Fsp3) is 0.364. The van der Waals surface area contributed by atoms with Crippen molar-refractivity contribution < 1.29 is 9.72 Å². The highest BCUT2D eigenvalue weighted by atomic mass is 16.6. The van der Waals surface area contributed by atoms with Gasteiger partial charge in [-0.15, -0.1) is 0 Å². The number of hydrogen-bond donors (Lipinski definition) is 2. The lowest BCUT2D eigenvalue weighted by atomic mass is 10.1. The molecule has 0 spiro atoms. The van der Waals surface area contributed by atoms with Crippen molar-refractivity contribution in [1.29, 1.82) is 0 Å². The predicted molar refractivity (Wildman–Crippen MR) is 64.7 cm³/mol. The van der Waals surface area contributed by atoms with Gasteiger partial charge in [0.2, 0.25) is 5.91 Å². The molecule has 1 amide bonds. The van der Waals surface area contributed by atoms with Crippen molar-refractivity contribution in [3.05, 3.63) is 33.9 Å². The molecule has 6 nitrogen and oxygen atoms in total. The molecule has 17 heavy (non-hydrogen) atoms. The van der Waals surface area contributed by atoms with Gasteiger partial charge in [-0.3, -0.25) is 14.9 Å². The molecule has 0 bridgehead atoms. The van der Waals surface area contributed by atoms with E-state index in [2.05, 4.69) is 5.32 Å². The lowest BCUT2D eigenvalue weighted by Gasteiger charge is -2.13. The van der Waals surface area contributed by atoms with Gasteiger partial charge in [0.05, 0.1) is 4.92 Å². The molecule has 1 atom stereocenters. The number of aryl methyl sites for hydroxylation is 1. The minimum atomic E-state index is -0.425. The summed E-state index contributed by atoms with van der Waals surface area (Å²) in [5.74, 6) is -0.386. The van der Waals surface area contributed by atoms with Crippen molar-refractivity contribution in [2.75, 3.05) is 5.32 Å². The van der Waals surface area contributed by atoms with Crippen molar-refractivity contribution >= 4 is 17.3 Å². The molecule has 0 heterocycles. The molecule has 0 fully saturated rings. The molecule has 0 aliphatic carbocycles. The van der Waals surface area contributed by atoms with Gasteiger partial charge in [-0.2, -0.15) is 0 Å². The number of carbonyl (C=O) groups excluding carboxylic acids is 1. The van der Waals surface area contributed by atoms with Crippen LogP contribution in [0.5, 0.6) is 0 Å². The van der Waals surface area contributed by atoms with Crippen LogP contribution in [0.4, 0.5) is 11.4 Å². The average Bonchev–Trinajstić information content (AvgIpc) is 2.15. The SMILES string of the molecule is Cc1cc(NC(C)CC(N)=O)ccc1[N+](=O)[O-]. The van der Waals surface area contributed by atoms with Crippen LogP contribution in [0.2, 0.25) is 0 Å². The summed E-state index contributed by atoms with van der Waals surface area (Å²) in [6.07, 6.45) is 0.218. The summed E-state index contributed by atoms with van der Waals surface area (Å²) in [5.41, 5.74) is 6.47. The summed E-state index contributed by atoms with van der Waals surface area (Å²) < 4.78 is 0. The number of nitro groups is 1. The first-order valence-electron chi connectivity index (χ1n) is 5.20. The molecule has 1 unspecified atom stereocenters. The minimum absolute atomic E-state index is 0.0816. The highest BCUT2D eigenvalue weighted by Crippen LogP contribution is 2.22. The summed E-state index contributed by atoms with van der Waals surface area (Å²) in [4.78, 5) is 20.9. The van der Waals surface area contributed by atoms with Crippen molar-refractivity contribution in [3.8, 4) is 0 Å². The Bertz CT molecular complexity index is 446. The Morgan fingerprint density at radius 2 is 2.24 bits per heavy atom. The summed E-state index contributed by atoms with van der Waals surface area (Å²) >= 11 is 0. The van der Waals surface area contributed by atoms with Crippen LogP contribution >= 0.6 is 0 Å². The number of nitro benzene ring substituents is 1. The second-order valence-electron chi connectivity index (χ2n) is 3.97. The minimum Gasteiger partial charge on any atom is -0.382 e. The Labute approximate surface area is 99.0 Å². The number of amides is 1. The molecule has 6 heteroatoms. The number of carbonyl (C=O) groups is 1. The third-order valence-corrected chi connectivity index (χ3v) is 2.31.